The zero-order valence-electron chi connectivity index (χ0n) is 36.0. The molecular formula is C49H71NO8. The maximum Gasteiger partial charge on any atom is 0.337 e. The fourth-order valence-electron chi connectivity index (χ4n) is 6.61. The molecule has 0 heterocycles. The molecule has 0 unspecified atom stereocenters. The molecule has 0 saturated heterocycles. The number of ether oxygens (including phenoxy) is 5. The average Bonchev–Trinajstić information content (AvgIpc) is 3.25. The molecule has 3 aromatic carbocycles. The van der Waals surface area contributed by atoms with Gasteiger partial charge >= 0.3 is 11.9 Å². The molecule has 0 aliphatic rings. The Morgan fingerprint density at radius 2 is 0.707 bits per heavy atom. The van der Waals surface area contributed by atoms with Crippen molar-refractivity contribution in [2.75, 3.05) is 40.6 Å². The summed E-state index contributed by atoms with van der Waals surface area (Å²) in [4.78, 5) is 29.7. The van der Waals surface area contributed by atoms with Gasteiger partial charge in [-0.1, -0.05) is 133 Å². The number of nitrogens with zero attached hydrogens (tertiary/aromatic N) is 1. The van der Waals surface area contributed by atoms with Crippen LogP contribution in [-0.4, -0.2) is 58.3 Å². The first-order valence-electron chi connectivity index (χ1n) is 22.1. The minimum absolute atomic E-state index is 0.413. The lowest BCUT2D eigenvalue weighted by Crippen LogP contribution is -2.08. The Morgan fingerprint density at radius 3 is 1.03 bits per heavy atom. The predicted molar refractivity (Wildman–Crippen MR) is 234 cm³/mol. The van der Waals surface area contributed by atoms with E-state index in [1.807, 2.05) is 18.2 Å². The van der Waals surface area contributed by atoms with Gasteiger partial charge in [0.05, 0.1) is 45.2 Å². The number of unbranched alkanes of at least 4 members (excludes halogenated alkanes) is 17. The molecule has 0 spiro atoms. The lowest BCUT2D eigenvalue weighted by molar-refractivity contribution is 0.0592. The van der Waals surface area contributed by atoms with E-state index in [2.05, 4.69) is 19.0 Å². The maximum absolute atomic E-state index is 12.0. The van der Waals surface area contributed by atoms with Crippen molar-refractivity contribution < 1.29 is 38.1 Å². The summed E-state index contributed by atoms with van der Waals surface area (Å²) >= 11 is 0. The molecule has 0 saturated carbocycles. The van der Waals surface area contributed by atoms with Crippen LogP contribution < -0.4 is 14.2 Å². The van der Waals surface area contributed by atoms with E-state index in [-0.39, 0.29) is 0 Å². The third-order valence-electron chi connectivity index (χ3n) is 10.1. The van der Waals surface area contributed by atoms with Crippen molar-refractivity contribution in [1.82, 2.24) is 0 Å². The summed E-state index contributed by atoms with van der Waals surface area (Å²) in [6.07, 6.45) is 24.0. The molecule has 0 amide bonds. The quantitative estimate of drug-likeness (QED) is 0.0260. The molecular weight excluding hydrogens is 731 g/mol. The van der Waals surface area contributed by atoms with Crippen molar-refractivity contribution in [2.24, 2.45) is 5.16 Å². The molecule has 320 valence electrons. The topological polar surface area (TPSA) is 102 Å². The van der Waals surface area contributed by atoms with Crippen LogP contribution in [0.2, 0.25) is 0 Å². The molecule has 3 rings (SSSR count). The molecule has 9 heteroatoms. The second kappa shape index (κ2) is 30.5. The van der Waals surface area contributed by atoms with Gasteiger partial charge in [-0.2, -0.15) is 0 Å². The summed E-state index contributed by atoms with van der Waals surface area (Å²) in [6, 6.07) is 19.9. The van der Waals surface area contributed by atoms with Gasteiger partial charge in [0.25, 0.3) is 0 Å². The van der Waals surface area contributed by atoms with E-state index in [1.165, 1.54) is 104 Å². The lowest BCUT2D eigenvalue weighted by atomic mass is 10.00. The zero-order valence-corrected chi connectivity index (χ0v) is 36.0. The highest BCUT2D eigenvalue weighted by atomic mass is 16.6. The van der Waals surface area contributed by atoms with E-state index in [1.54, 1.807) is 48.5 Å². The van der Waals surface area contributed by atoms with E-state index in [9.17, 15) is 9.59 Å². The van der Waals surface area contributed by atoms with Crippen LogP contribution in [0.1, 0.15) is 174 Å². The molecule has 0 aliphatic heterocycles. The van der Waals surface area contributed by atoms with Crippen LogP contribution in [0.5, 0.6) is 17.2 Å². The molecule has 0 N–H and O–H groups in total. The minimum Gasteiger partial charge on any atom is -0.493 e. The van der Waals surface area contributed by atoms with Gasteiger partial charge in [0.2, 0.25) is 0 Å². The van der Waals surface area contributed by atoms with Crippen LogP contribution >= 0.6 is 0 Å². The van der Waals surface area contributed by atoms with Gasteiger partial charge in [0.15, 0.2) is 0 Å². The number of carbonyl (C=O) groups excluding carboxylic acids is 2. The number of hydrogen-bond acceptors (Lipinski definition) is 9. The first-order valence-corrected chi connectivity index (χ1v) is 22.1. The second-order valence-electron chi connectivity index (χ2n) is 15.0. The highest BCUT2D eigenvalue weighted by Gasteiger charge is 2.13. The summed E-state index contributed by atoms with van der Waals surface area (Å²) in [5.74, 6) is 1.57. The molecule has 3 aromatic rings. The number of carbonyl (C=O) groups is 2. The smallest absolute Gasteiger partial charge is 0.337 e. The SMILES string of the molecule is CCCCCCCCCCOc1cc(OCCCCCCCCCC)cc(OCCCCCCON=C(c2ccc(C(=O)OC)cc2)c2ccc(C(=O)OC)cc2)c1. The van der Waals surface area contributed by atoms with E-state index in [0.29, 0.717) is 43.3 Å². The Balaban J connectivity index is 1.46. The number of rotatable bonds is 33. The standard InChI is InChI=1S/C49H71NO8/c1-5-7-9-11-13-15-17-21-33-55-44-37-45(56-34-22-18-16-14-12-10-8-6-2)39-46(38-44)57-35-23-19-20-24-36-58-50-47(40-25-29-42(30-26-40)48(51)53-3)41-27-31-43(32-28-41)49(52)54-4/h25-32,37-39H,5-24,33-36H2,1-4H3. The largest absolute Gasteiger partial charge is 0.493 e. The van der Waals surface area contributed by atoms with Gasteiger partial charge in [0, 0.05) is 29.3 Å². The first kappa shape index (κ1) is 47.8. The third kappa shape index (κ3) is 19.8. The molecule has 0 fully saturated rings. The highest BCUT2D eigenvalue weighted by molar-refractivity contribution is 6.13. The number of methoxy groups -OCH3 is 2. The van der Waals surface area contributed by atoms with Gasteiger partial charge < -0.3 is 28.5 Å². The van der Waals surface area contributed by atoms with Gasteiger partial charge in [-0.15, -0.1) is 0 Å². The van der Waals surface area contributed by atoms with E-state index < -0.39 is 11.9 Å². The van der Waals surface area contributed by atoms with Crippen LogP contribution in [0.25, 0.3) is 0 Å². The van der Waals surface area contributed by atoms with Gasteiger partial charge in [-0.05, 0) is 62.8 Å². The van der Waals surface area contributed by atoms with Gasteiger partial charge in [-0.25, -0.2) is 9.59 Å². The Kier molecular flexibility index (Phi) is 25.2. The van der Waals surface area contributed by atoms with Crippen molar-refractivity contribution in [3.05, 3.63) is 89.0 Å². The molecule has 0 bridgehead atoms. The molecule has 0 aliphatic carbocycles. The van der Waals surface area contributed by atoms with Crippen LogP contribution in [-0.2, 0) is 14.3 Å². The van der Waals surface area contributed by atoms with Gasteiger partial charge in [-0.3, -0.25) is 0 Å². The molecule has 9 nitrogen and oxygen atoms in total. The Labute approximate surface area is 349 Å². The Morgan fingerprint density at radius 1 is 0.414 bits per heavy atom. The fourth-order valence-corrected chi connectivity index (χ4v) is 6.61. The van der Waals surface area contributed by atoms with Crippen molar-refractivity contribution >= 4 is 17.7 Å². The number of benzene rings is 3. The summed E-state index contributed by atoms with van der Waals surface area (Å²) < 4.78 is 28.3. The van der Waals surface area contributed by atoms with E-state index in [4.69, 9.17) is 28.5 Å². The zero-order chi connectivity index (χ0) is 41.5. The normalized spacial score (nSPS) is 10.8. The minimum atomic E-state index is -0.413. The predicted octanol–water partition coefficient (Wildman–Crippen LogP) is 12.7. The number of oxime groups is 1. The van der Waals surface area contributed by atoms with Crippen molar-refractivity contribution in [2.45, 2.75) is 142 Å². The molecule has 0 radical (unpaired) electrons. The van der Waals surface area contributed by atoms with Crippen LogP contribution in [0.3, 0.4) is 0 Å². The van der Waals surface area contributed by atoms with Crippen molar-refractivity contribution in [3.8, 4) is 17.2 Å². The third-order valence-corrected chi connectivity index (χ3v) is 10.1. The van der Waals surface area contributed by atoms with E-state index >= 15 is 0 Å². The summed E-state index contributed by atoms with van der Waals surface area (Å²) in [5.41, 5.74) is 3.00. The van der Waals surface area contributed by atoms with Crippen molar-refractivity contribution in [3.63, 3.8) is 0 Å². The highest BCUT2D eigenvalue weighted by Crippen LogP contribution is 2.29. The first-order chi connectivity index (χ1) is 28.5. The monoisotopic (exact) mass is 802 g/mol. The number of esters is 2. The van der Waals surface area contributed by atoms with Gasteiger partial charge in [0.1, 0.15) is 29.6 Å². The Hall–Kier alpha value is -4.53. The van der Waals surface area contributed by atoms with Crippen LogP contribution in [0, 0.1) is 0 Å². The van der Waals surface area contributed by atoms with Crippen molar-refractivity contribution in [1.29, 1.82) is 0 Å². The van der Waals surface area contributed by atoms with Crippen LogP contribution in [0.15, 0.2) is 71.9 Å². The van der Waals surface area contributed by atoms with E-state index in [0.717, 1.165) is 66.9 Å². The summed E-state index contributed by atoms with van der Waals surface area (Å²) in [7, 11) is 2.70. The average molecular weight is 802 g/mol. The molecule has 0 aromatic heterocycles. The molecule has 0 atom stereocenters. The molecule has 58 heavy (non-hydrogen) atoms. The van der Waals surface area contributed by atoms with Crippen LogP contribution in [0.4, 0.5) is 0 Å². The lowest BCUT2D eigenvalue weighted by Gasteiger charge is -2.13. The second-order valence-corrected chi connectivity index (χ2v) is 15.0. The summed E-state index contributed by atoms with van der Waals surface area (Å²) in [5, 5.41) is 4.48. The maximum atomic E-state index is 12.0. The summed E-state index contributed by atoms with van der Waals surface area (Å²) in [6.45, 7) is 6.97. The fraction of sp³-hybridized carbons (Fsp3) is 0.571. The number of hydrogen-bond donors (Lipinski definition) is 0. The Bertz CT molecular complexity index is 1470.